The third-order valence-corrected chi connectivity index (χ3v) is 4.96. The van der Waals surface area contributed by atoms with E-state index < -0.39 is 0 Å². The van der Waals surface area contributed by atoms with E-state index in [9.17, 15) is 0 Å². The van der Waals surface area contributed by atoms with Crippen LogP contribution in [0.5, 0.6) is 0 Å². The Morgan fingerprint density at radius 2 is 1.64 bits per heavy atom. The molecular weight excluding hydrogens is 348 g/mol. The van der Waals surface area contributed by atoms with Crippen molar-refractivity contribution in [2.24, 2.45) is 5.41 Å². The third kappa shape index (κ3) is 3.31. The van der Waals surface area contributed by atoms with Crippen LogP contribution in [0.2, 0.25) is 0 Å². The van der Waals surface area contributed by atoms with Crippen LogP contribution in [0.25, 0.3) is 27.8 Å². The lowest BCUT2D eigenvalue weighted by molar-refractivity contribution is 0.357. The molecule has 0 unspecified atom stereocenters. The summed E-state index contributed by atoms with van der Waals surface area (Å²) < 4.78 is 1.87. The Labute approximate surface area is 165 Å². The number of aromatic nitrogens is 4. The summed E-state index contributed by atoms with van der Waals surface area (Å²) in [6.07, 6.45) is 0. The second kappa shape index (κ2) is 7.20. The Balaban J connectivity index is 1.89. The summed E-state index contributed by atoms with van der Waals surface area (Å²) in [5.74, 6) is 1.69. The molecule has 6 heteroatoms. The van der Waals surface area contributed by atoms with Crippen molar-refractivity contribution in [1.82, 2.24) is 25.1 Å². The van der Waals surface area contributed by atoms with E-state index in [2.05, 4.69) is 53.4 Å². The van der Waals surface area contributed by atoms with Gasteiger partial charge >= 0.3 is 0 Å². The van der Waals surface area contributed by atoms with Crippen molar-refractivity contribution in [1.29, 1.82) is 0 Å². The first-order valence-electron chi connectivity index (χ1n) is 9.55. The largest absolute Gasteiger partial charge is 0.357 e. The molecule has 0 bridgehead atoms. The number of anilines is 1. The van der Waals surface area contributed by atoms with Crippen molar-refractivity contribution in [2.45, 2.75) is 13.8 Å². The fraction of sp³-hybridized carbons (Fsp3) is 0.318. The molecule has 1 N–H and O–H groups in total. The fourth-order valence-electron chi connectivity index (χ4n) is 3.86. The van der Waals surface area contributed by atoms with Gasteiger partial charge in [-0.25, -0.2) is 0 Å². The van der Waals surface area contributed by atoms with Gasteiger partial charge in [0.05, 0.1) is 0 Å². The summed E-state index contributed by atoms with van der Waals surface area (Å²) in [5.41, 5.74) is 1.89. The van der Waals surface area contributed by atoms with Crippen molar-refractivity contribution < 1.29 is 0 Å². The highest BCUT2D eigenvalue weighted by atomic mass is 15.4. The van der Waals surface area contributed by atoms with Crippen LogP contribution in [0.3, 0.4) is 0 Å². The van der Waals surface area contributed by atoms with Gasteiger partial charge in [0.2, 0.25) is 0 Å². The molecule has 2 heterocycles. The molecule has 0 atom stereocenters. The van der Waals surface area contributed by atoms with Gasteiger partial charge < -0.3 is 10.2 Å². The number of fused-ring (bicyclic) bond motifs is 3. The van der Waals surface area contributed by atoms with Gasteiger partial charge in [0.1, 0.15) is 0 Å². The van der Waals surface area contributed by atoms with E-state index in [1.807, 2.05) is 54.0 Å². The lowest BCUT2D eigenvalue weighted by Crippen LogP contribution is -2.38. The van der Waals surface area contributed by atoms with Gasteiger partial charge in [0.25, 0.3) is 0 Å². The summed E-state index contributed by atoms with van der Waals surface area (Å²) in [6, 6.07) is 18.4. The van der Waals surface area contributed by atoms with Crippen LogP contribution in [0.15, 0.2) is 54.6 Å². The predicted molar refractivity (Wildman–Crippen MR) is 115 cm³/mol. The Bertz CT molecular complexity index is 1100. The minimum absolute atomic E-state index is 0.108. The number of nitrogens with one attached hydrogen (secondary N) is 1. The molecule has 2 aromatic heterocycles. The standard InChI is InChI=1S/C22H26N6/c1-22(2,14-23-3)15-27(4)21-18-13-9-8-12-17(18)20-25-24-19(28(20)26-21)16-10-6-5-7-11-16/h5-13,23H,14-15H2,1-4H3. The SMILES string of the molecule is CNCC(C)(C)CN(C)c1nn2c(-c3ccccc3)nnc2c2ccccc12. The highest BCUT2D eigenvalue weighted by Crippen LogP contribution is 2.30. The first kappa shape index (κ1) is 18.4. The zero-order chi connectivity index (χ0) is 19.7. The van der Waals surface area contributed by atoms with Gasteiger partial charge in [0.15, 0.2) is 17.3 Å². The van der Waals surface area contributed by atoms with Gasteiger partial charge in [-0.05, 0) is 12.5 Å². The molecule has 0 aliphatic rings. The van der Waals surface area contributed by atoms with Gasteiger partial charge in [0, 0.05) is 36.5 Å². The molecule has 28 heavy (non-hydrogen) atoms. The molecule has 6 nitrogen and oxygen atoms in total. The maximum absolute atomic E-state index is 4.98. The number of nitrogens with zero attached hydrogens (tertiary/aromatic N) is 5. The van der Waals surface area contributed by atoms with Gasteiger partial charge in [-0.3, -0.25) is 0 Å². The second-order valence-corrected chi connectivity index (χ2v) is 8.04. The minimum Gasteiger partial charge on any atom is -0.357 e. The van der Waals surface area contributed by atoms with Crippen molar-refractivity contribution >= 4 is 22.2 Å². The third-order valence-electron chi connectivity index (χ3n) is 4.96. The average molecular weight is 374 g/mol. The molecule has 0 amide bonds. The van der Waals surface area contributed by atoms with Crippen molar-refractivity contribution in [3.05, 3.63) is 54.6 Å². The highest BCUT2D eigenvalue weighted by Gasteiger charge is 2.23. The van der Waals surface area contributed by atoms with Gasteiger partial charge in [-0.1, -0.05) is 68.4 Å². The van der Waals surface area contributed by atoms with E-state index in [1.165, 1.54) is 0 Å². The van der Waals surface area contributed by atoms with Crippen LogP contribution in [0.1, 0.15) is 13.8 Å². The predicted octanol–water partition coefficient (Wildman–Crippen LogP) is 3.63. The van der Waals surface area contributed by atoms with Crippen molar-refractivity contribution in [3.63, 3.8) is 0 Å². The quantitative estimate of drug-likeness (QED) is 0.558. The maximum Gasteiger partial charge on any atom is 0.186 e. The molecule has 144 valence electrons. The molecule has 4 rings (SSSR count). The lowest BCUT2D eigenvalue weighted by Gasteiger charge is -2.31. The maximum atomic E-state index is 4.98. The smallest absolute Gasteiger partial charge is 0.186 e. The Morgan fingerprint density at radius 3 is 2.36 bits per heavy atom. The molecule has 4 aromatic rings. The average Bonchev–Trinajstić information content (AvgIpc) is 3.11. The summed E-state index contributed by atoms with van der Waals surface area (Å²) in [5, 5.41) is 19.3. The van der Waals surface area contributed by atoms with E-state index in [1.54, 1.807) is 0 Å². The number of benzene rings is 2. The normalized spacial score (nSPS) is 12.0. The zero-order valence-corrected chi connectivity index (χ0v) is 16.8. The Morgan fingerprint density at radius 1 is 0.964 bits per heavy atom. The van der Waals surface area contributed by atoms with E-state index in [-0.39, 0.29) is 5.41 Å². The fourth-order valence-corrected chi connectivity index (χ4v) is 3.86. The van der Waals surface area contributed by atoms with Crippen LogP contribution in [0, 0.1) is 5.41 Å². The molecule has 0 aliphatic heterocycles. The van der Waals surface area contributed by atoms with Crippen LogP contribution < -0.4 is 10.2 Å². The lowest BCUT2D eigenvalue weighted by atomic mass is 9.93. The summed E-state index contributed by atoms with van der Waals surface area (Å²) in [6.45, 7) is 6.32. The Hall–Kier alpha value is -2.99. The van der Waals surface area contributed by atoms with Crippen molar-refractivity contribution in [3.8, 4) is 11.4 Å². The van der Waals surface area contributed by atoms with Crippen LogP contribution in [-0.2, 0) is 0 Å². The van der Waals surface area contributed by atoms with E-state index in [0.717, 1.165) is 46.7 Å². The molecule has 0 aliphatic carbocycles. The van der Waals surface area contributed by atoms with Crippen LogP contribution in [-0.4, -0.2) is 47.0 Å². The molecule has 0 spiro atoms. The number of rotatable bonds is 6. The van der Waals surface area contributed by atoms with Gasteiger partial charge in [-0.2, -0.15) is 4.52 Å². The topological polar surface area (TPSA) is 58.4 Å². The second-order valence-electron chi connectivity index (χ2n) is 8.04. The minimum atomic E-state index is 0.108. The van der Waals surface area contributed by atoms with E-state index in [4.69, 9.17) is 5.10 Å². The number of hydrogen-bond acceptors (Lipinski definition) is 5. The summed E-state index contributed by atoms with van der Waals surface area (Å²) >= 11 is 0. The molecule has 2 aromatic carbocycles. The zero-order valence-electron chi connectivity index (χ0n) is 16.8. The Kier molecular flexibility index (Phi) is 4.73. The van der Waals surface area contributed by atoms with E-state index in [0.29, 0.717) is 0 Å². The van der Waals surface area contributed by atoms with Crippen LogP contribution >= 0.6 is 0 Å². The van der Waals surface area contributed by atoms with Crippen LogP contribution in [0.4, 0.5) is 5.82 Å². The first-order valence-corrected chi connectivity index (χ1v) is 9.55. The van der Waals surface area contributed by atoms with Gasteiger partial charge in [-0.15, -0.1) is 15.3 Å². The number of hydrogen-bond donors (Lipinski definition) is 1. The monoisotopic (exact) mass is 374 g/mol. The molecule has 0 saturated heterocycles. The van der Waals surface area contributed by atoms with Crippen molar-refractivity contribution in [2.75, 3.05) is 32.1 Å². The molecule has 0 radical (unpaired) electrons. The molecule has 0 fully saturated rings. The molecular formula is C22H26N6. The highest BCUT2D eigenvalue weighted by molar-refractivity contribution is 6.00. The summed E-state index contributed by atoms with van der Waals surface area (Å²) in [7, 11) is 4.09. The molecule has 0 saturated carbocycles. The van der Waals surface area contributed by atoms with E-state index >= 15 is 0 Å². The summed E-state index contributed by atoms with van der Waals surface area (Å²) in [4.78, 5) is 2.23. The first-order chi connectivity index (χ1) is 13.5.